The fourth-order valence-electron chi connectivity index (χ4n) is 2.84. The lowest BCUT2D eigenvalue weighted by molar-refractivity contribution is -0.126. The van der Waals surface area contributed by atoms with Crippen LogP contribution < -0.4 is 0 Å². The second kappa shape index (κ2) is 7.09. The number of hydrogen-bond acceptors (Lipinski definition) is 3. The predicted octanol–water partition coefficient (Wildman–Crippen LogP) is 2.16. The Morgan fingerprint density at radius 2 is 2.33 bits per heavy atom. The fourth-order valence-corrected chi connectivity index (χ4v) is 3.08. The molecule has 1 aliphatic heterocycles. The molecule has 1 aromatic heterocycles. The third kappa shape index (κ3) is 3.66. The van der Waals surface area contributed by atoms with Crippen molar-refractivity contribution in [2.45, 2.75) is 38.6 Å². The van der Waals surface area contributed by atoms with E-state index >= 15 is 0 Å². The quantitative estimate of drug-likeness (QED) is 0.848. The van der Waals surface area contributed by atoms with Gasteiger partial charge in [-0.1, -0.05) is 11.6 Å². The smallest absolute Gasteiger partial charge is 0.246 e. The van der Waals surface area contributed by atoms with E-state index in [2.05, 4.69) is 5.10 Å². The average molecular weight is 312 g/mol. The molecule has 21 heavy (non-hydrogen) atoms. The van der Waals surface area contributed by atoms with Crippen molar-refractivity contribution in [3.8, 4) is 0 Å². The molecule has 116 valence electrons. The van der Waals surface area contributed by atoms with Gasteiger partial charge in [0.25, 0.3) is 0 Å². The number of halogens is 1. The number of aromatic nitrogens is 2. The largest absolute Gasteiger partial charge is 0.396 e. The lowest BCUT2D eigenvalue weighted by atomic mass is 10.1. The molecular formula is C15H22ClN3O2. The topological polar surface area (TPSA) is 58.4 Å². The van der Waals surface area contributed by atoms with E-state index in [1.54, 1.807) is 23.9 Å². The van der Waals surface area contributed by atoms with Gasteiger partial charge in [-0.3, -0.25) is 9.48 Å². The molecule has 2 rings (SSSR count). The number of likely N-dealkylation sites (tertiary alicyclic amines) is 1. The molecule has 6 heteroatoms. The van der Waals surface area contributed by atoms with Gasteiger partial charge in [0.1, 0.15) is 5.15 Å². The van der Waals surface area contributed by atoms with Crippen molar-refractivity contribution < 1.29 is 9.90 Å². The Morgan fingerprint density at radius 3 is 2.95 bits per heavy atom. The van der Waals surface area contributed by atoms with E-state index in [0.29, 0.717) is 5.15 Å². The van der Waals surface area contributed by atoms with Gasteiger partial charge in [0.05, 0.1) is 5.69 Å². The molecule has 1 atom stereocenters. The zero-order chi connectivity index (χ0) is 15.4. The molecule has 0 spiro atoms. The summed E-state index contributed by atoms with van der Waals surface area (Å²) in [6.45, 7) is 2.84. The maximum atomic E-state index is 12.3. The van der Waals surface area contributed by atoms with Gasteiger partial charge in [-0.05, 0) is 38.7 Å². The summed E-state index contributed by atoms with van der Waals surface area (Å²) in [5.41, 5.74) is 1.60. The SMILES string of the molecule is Cc1nn(C)c(Cl)c1/C=C/C(=O)N1CCCC1CCCO. The molecule has 5 nitrogen and oxygen atoms in total. The zero-order valence-electron chi connectivity index (χ0n) is 12.5. The number of carbonyl (C=O) groups excluding carboxylic acids is 1. The second-order valence-corrected chi connectivity index (χ2v) is 5.80. The van der Waals surface area contributed by atoms with Crippen LogP contribution in [0, 0.1) is 6.92 Å². The Kier molecular flexibility index (Phi) is 5.42. The minimum absolute atomic E-state index is 0.00904. The number of rotatable bonds is 5. The van der Waals surface area contributed by atoms with Gasteiger partial charge >= 0.3 is 0 Å². The van der Waals surface area contributed by atoms with Crippen molar-refractivity contribution in [1.29, 1.82) is 0 Å². The van der Waals surface area contributed by atoms with Crippen molar-refractivity contribution in [1.82, 2.24) is 14.7 Å². The van der Waals surface area contributed by atoms with Crippen molar-refractivity contribution >= 4 is 23.6 Å². The van der Waals surface area contributed by atoms with Crippen LogP contribution >= 0.6 is 11.6 Å². The van der Waals surface area contributed by atoms with Gasteiger partial charge in [-0.15, -0.1) is 0 Å². The lowest BCUT2D eigenvalue weighted by Crippen LogP contribution is -2.34. The molecule has 0 bridgehead atoms. The van der Waals surface area contributed by atoms with Crippen LogP contribution in [0.15, 0.2) is 6.08 Å². The van der Waals surface area contributed by atoms with E-state index in [9.17, 15) is 4.79 Å². The highest BCUT2D eigenvalue weighted by atomic mass is 35.5. The Bertz CT molecular complexity index is 539. The van der Waals surface area contributed by atoms with E-state index < -0.39 is 0 Å². The third-order valence-electron chi connectivity index (χ3n) is 3.94. The number of nitrogens with zero attached hydrogens (tertiary/aromatic N) is 3. The van der Waals surface area contributed by atoms with Crippen LogP contribution in [-0.4, -0.2) is 44.9 Å². The first-order chi connectivity index (χ1) is 10.0. The van der Waals surface area contributed by atoms with Crippen molar-refractivity contribution in [3.05, 3.63) is 22.5 Å². The van der Waals surface area contributed by atoms with E-state index in [-0.39, 0.29) is 18.6 Å². The summed E-state index contributed by atoms with van der Waals surface area (Å²) in [5, 5.41) is 13.7. The Hall–Kier alpha value is -1.33. The van der Waals surface area contributed by atoms with Gasteiger partial charge < -0.3 is 10.0 Å². The lowest BCUT2D eigenvalue weighted by Gasteiger charge is -2.23. The zero-order valence-corrected chi connectivity index (χ0v) is 13.3. The summed E-state index contributed by atoms with van der Waals surface area (Å²) in [7, 11) is 1.78. The summed E-state index contributed by atoms with van der Waals surface area (Å²) in [4.78, 5) is 14.2. The number of amides is 1. The molecule has 2 heterocycles. The Labute approximate surface area is 130 Å². The molecule has 1 fully saturated rings. The van der Waals surface area contributed by atoms with Crippen molar-refractivity contribution in [2.24, 2.45) is 7.05 Å². The maximum absolute atomic E-state index is 12.3. The highest BCUT2D eigenvalue weighted by Crippen LogP contribution is 2.23. The normalized spacial score (nSPS) is 18.9. The van der Waals surface area contributed by atoms with Gasteiger partial charge in [-0.25, -0.2) is 0 Å². The first-order valence-electron chi connectivity index (χ1n) is 7.33. The van der Waals surface area contributed by atoms with E-state index in [4.69, 9.17) is 16.7 Å². The molecule has 0 aliphatic carbocycles. The van der Waals surface area contributed by atoms with Gasteiger partial charge in [0.15, 0.2) is 0 Å². The summed E-state index contributed by atoms with van der Waals surface area (Å²) in [5.74, 6) is 0.00904. The Morgan fingerprint density at radius 1 is 1.57 bits per heavy atom. The van der Waals surface area contributed by atoms with Crippen LogP contribution in [0.2, 0.25) is 5.15 Å². The molecule has 0 radical (unpaired) electrons. The molecule has 1 unspecified atom stereocenters. The summed E-state index contributed by atoms with van der Waals surface area (Å²) in [6, 6.07) is 0.250. The second-order valence-electron chi connectivity index (χ2n) is 5.44. The Balaban J connectivity index is 2.05. The number of aliphatic hydroxyl groups excluding tert-OH is 1. The highest BCUT2D eigenvalue weighted by Gasteiger charge is 2.26. The summed E-state index contributed by atoms with van der Waals surface area (Å²) >= 11 is 6.15. The van der Waals surface area contributed by atoms with Crippen LogP contribution in [0.4, 0.5) is 0 Å². The van der Waals surface area contributed by atoms with Gasteiger partial charge in [-0.2, -0.15) is 5.10 Å². The van der Waals surface area contributed by atoms with Crippen LogP contribution in [0.25, 0.3) is 6.08 Å². The number of hydrogen-bond donors (Lipinski definition) is 1. The molecule has 1 aliphatic rings. The first-order valence-corrected chi connectivity index (χ1v) is 7.71. The van der Waals surface area contributed by atoms with Crippen LogP contribution in [0.1, 0.15) is 36.9 Å². The standard InChI is InChI=1S/C15H22ClN3O2/c1-11-13(15(16)18(2)17-11)7-8-14(21)19-9-3-5-12(19)6-4-10-20/h7-8,12,20H,3-6,9-10H2,1-2H3/b8-7+. The first kappa shape index (κ1) is 16.0. The molecule has 1 amide bonds. The van der Waals surface area contributed by atoms with Crippen molar-refractivity contribution in [2.75, 3.05) is 13.2 Å². The van der Waals surface area contributed by atoms with E-state index in [0.717, 1.165) is 43.5 Å². The monoisotopic (exact) mass is 311 g/mol. The van der Waals surface area contributed by atoms with Gasteiger partial charge in [0, 0.05) is 37.9 Å². The molecule has 1 N–H and O–H groups in total. The maximum Gasteiger partial charge on any atom is 0.246 e. The summed E-state index contributed by atoms with van der Waals surface area (Å²) < 4.78 is 1.60. The molecule has 1 saturated heterocycles. The van der Waals surface area contributed by atoms with Crippen LogP contribution in [0.3, 0.4) is 0 Å². The van der Waals surface area contributed by atoms with E-state index in [1.807, 2.05) is 11.8 Å². The molecule has 0 saturated carbocycles. The molecule has 0 aromatic carbocycles. The minimum Gasteiger partial charge on any atom is -0.396 e. The minimum atomic E-state index is 0.00904. The highest BCUT2D eigenvalue weighted by molar-refractivity contribution is 6.31. The third-order valence-corrected chi connectivity index (χ3v) is 4.39. The fraction of sp³-hybridized carbons (Fsp3) is 0.600. The average Bonchev–Trinajstić information content (AvgIpc) is 3.01. The molecular weight excluding hydrogens is 290 g/mol. The summed E-state index contributed by atoms with van der Waals surface area (Å²) in [6.07, 6.45) is 6.98. The number of carbonyl (C=O) groups is 1. The van der Waals surface area contributed by atoms with Crippen molar-refractivity contribution in [3.63, 3.8) is 0 Å². The van der Waals surface area contributed by atoms with E-state index in [1.165, 1.54) is 0 Å². The predicted molar refractivity (Wildman–Crippen MR) is 83.0 cm³/mol. The molecule has 1 aromatic rings. The van der Waals surface area contributed by atoms with Crippen LogP contribution in [-0.2, 0) is 11.8 Å². The van der Waals surface area contributed by atoms with Gasteiger partial charge in [0.2, 0.25) is 5.91 Å². The van der Waals surface area contributed by atoms with Crippen LogP contribution in [0.5, 0.6) is 0 Å². The number of aliphatic hydroxyl groups is 1. The number of aryl methyl sites for hydroxylation is 2.